The Bertz CT molecular complexity index is 1180. The standard InChI is InChI=1S/C27H30F3N3O3/c1-4-6-13-33(15-19-7-12-23(20(5-2)14-19)36-16-24(34)35)26-18(3)25(31-17-32-26)21-8-10-22(11-9-21)27(28,29)30/h7-12,14,17H,4-6,13,15-16H2,1-3H3,(H,34,35)/p-1. The van der Waals surface area contributed by atoms with Crippen LogP contribution in [0, 0.1) is 6.92 Å². The average Bonchev–Trinajstić information content (AvgIpc) is 2.85. The second kappa shape index (κ2) is 11.9. The molecule has 0 spiro atoms. The lowest BCUT2D eigenvalue weighted by Gasteiger charge is -2.26. The molecule has 3 rings (SSSR count). The summed E-state index contributed by atoms with van der Waals surface area (Å²) in [6.07, 6.45) is -0.405. The van der Waals surface area contributed by atoms with Crippen LogP contribution < -0.4 is 14.7 Å². The van der Waals surface area contributed by atoms with Gasteiger partial charge in [0.1, 0.15) is 24.5 Å². The van der Waals surface area contributed by atoms with E-state index < -0.39 is 24.3 Å². The Kier molecular flexibility index (Phi) is 8.90. The van der Waals surface area contributed by atoms with Gasteiger partial charge in [0, 0.05) is 24.2 Å². The molecule has 192 valence electrons. The highest BCUT2D eigenvalue weighted by atomic mass is 19.4. The van der Waals surface area contributed by atoms with Crippen molar-refractivity contribution in [3.05, 3.63) is 71.0 Å². The number of rotatable bonds is 11. The molecule has 1 aromatic heterocycles. The van der Waals surface area contributed by atoms with Gasteiger partial charge in [-0.15, -0.1) is 0 Å². The molecule has 0 saturated carbocycles. The number of nitrogens with zero attached hydrogens (tertiary/aromatic N) is 3. The van der Waals surface area contributed by atoms with Crippen LogP contribution in [0.3, 0.4) is 0 Å². The molecule has 0 N–H and O–H groups in total. The summed E-state index contributed by atoms with van der Waals surface area (Å²) in [7, 11) is 0. The summed E-state index contributed by atoms with van der Waals surface area (Å²) >= 11 is 0. The average molecular weight is 501 g/mol. The summed E-state index contributed by atoms with van der Waals surface area (Å²) in [6.45, 7) is 6.68. The van der Waals surface area contributed by atoms with Crippen LogP contribution in [-0.2, 0) is 23.9 Å². The SMILES string of the molecule is CCCCN(Cc1ccc(OCC(=O)[O-])c(CC)c1)c1ncnc(-c2ccc(C(F)(F)F)cc2)c1C. The maximum absolute atomic E-state index is 13.0. The Morgan fingerprint density at radius 1 is 1.08 bits per heavy atom. The Morgan fingerprint density at radius 3 is 2.42 bits per heavy atom. The molecule has 0 saturated heterocycles. The molecule has 0 aliphatic carbocycles. The summed E-state index contributed by atoms with van der Waals surface area (Å²) in [5.74, 6) is -0.0630. The number of hydrogen-bond donors (Lipinski definition) is 0. The Balaban J connectivity index is 1.92. The summed E-state index contributed by atoms with van der Waals surface area (Å²) in [6, 6.07) is 10.6. The first kappa shape index (κ1) is 27.0. The van der Waals surface area contributed by atoms with E-state index in [0.717, 1.165) is 48.2 Å². The molecule has 9 heteroatoms. The van der Waals surface area contributed by atoms with Crippen LogP contribution in [0.25, 0.3) is 11.3 Å². The maximum Gasteiger partial charge on any atom is 0.416 e. The summed E-state index contributed by atoms with van der Waals surface area (Å²) in [5, 5.41) is 10.8. The zero-order chi connectivity index (χ0) is 26.3. The molecule has 0 radical (unpaired) electrons. The van der Waals surface area contributed by atoms with E-state index in [2.05, 4.69) is 21.8 Å². The van der Waals surface area contributed by atoms with E-state index in [1.807, 2.05) is 26.0 Å². The number of carbonyl (C=O) groups is 1. The van der Waals surface area contributed by atoms with Crippen LogP contribution in [0.4, 0.5) is 19.0 Å². The van der Waals surface area contributed by atoms with Crippen molar-refractivity contribution in [1.29, 1.82) is 0 Å². The van der Waals surface area contributed by atoms with E-state index in [9.17, 15) is 23.1 Å². The summed E-state index contributed by atoms with van der Waals surface area (Å²) < 4.78 is 44.3. The van der Waals surface area contributed by atoms with Crippen molar-refractivity contribution in [3.63, 3.8) is 0 Å². The molecular weight excluding hydrogens is 471 g/mol. The van der Waals surface area contributed by atoms with Crippen molar-refractivity contribution in [3.8, 4) is 17.0 Å². The number of benzene rings is 2. The van der Waals surface area contributed by atoms with Crippen LogP contribution in [0.15, 0.2) is 48.8 Å². The van der Waals surface area contributed by atoms with E-state index in [-0.39, 0.29) is 0 Å². The predicted molar refractivity (Wildman–Crippen MR) is 129 cm³/mol. The lowest BCUT2D eigenvalue weighted by molar-refractivity contribution is -0.307. The maximum atomic E-state index is 13.0. The van der Waals surface area contributed by atoms with Crippen LogP contribution in [0.1, 0.15) is 48.9 Å². The zero-order valence-electron chi connectivity index (χ0n) is 20.6. The Labute approximate surface area is 208 Å². The van der Waals surface area contributed by atoms with Gasteiger partial charge in [-0.1, -0.05) is 44.5 Å². The molecule has 0 aliphatic heterocycles. The van der Waals surface area contributed by atoms with Gasteiger partial charge in [-0.3, -0.25) is 0 Å². The fraction of sp³-hybridized carbons (Fsp3) is 0.370. The number of carbonyl (C=O) groups excluding carboxylic acids is 1. The molecule has 3 aromatic rings. The molecule has 0 bridgehead atoms. The number of anilines is 1. The number of aliphatic carboxylic acids is 1. The van der Waals surface area contributed by atoms with Gasteiger partial charge in [-0.05, 0) is 49.1 Å². The van der Waals surface area contributed by atoms with Gasteiger partial charge in [0.25, 0.3) is 0 Å². The first-order valence-corrected chi connectivity index (χ1v) is 11.8. The zero-order valence-corrected chi connectivity index (χ0v) is 20.6. The third-order valence-corrected chi connectivity index (χ3v) is 5.85. The van der Waals surface area contributed by atoms with Crippen molar-refractivity contribution >= 4 is 11.8 Å². The fourth-order valence-corrected chi connectivity index (χ4v) is 3.98. The second-order valence-corrected chi connectivity index (χ2v) is 8.48. The van der Waals surface area contributed by atoms with E-state index in [1.54, 1.807) is 6.07 Å². The molecule has 1 heterocycles. The number of alkyl halides is 3. The van der Waals surface area contributed by atoms with E-state index in [4.69, 9.17) is 4.74 Å². The molecule has 36 heavy (non-hydrogen) atoms. The highest BCUT2D eigenvalue weighted by molar-refractivity contribution is 5.69. The van der Waals surface area contributed by atoms with Crippen molar-refractivity contribution in [2.75, 3.05) is 18.1 Å². The Hall–Kier alpha value is -3.62. The van der Waals surface area contributed by atoms with Crippen LogP contribution >= 0.6 is 0 Å². The molecule has 0 unspecified atom stereocenters. The van der Waals surface area contributed by atoms with Crippen LogP contribution in [-0.4, -0.2) is 29.1 Å². The van der Waals surface area contributed by atoms with Crippen molar-refractivity contribution in [1.82, 2.24) is 9.97 Å². The quantitative estimate of drug-likeness (QED) is 0.370. The number of hydrogen-bond acceptors (Lipinski definition) is 6. The number of aryl methyl sites for hydroxylation is 1. The highest BCUT2D eigenvalue weighted by Crippen LogP contribution is 2.33. The largest absolute Gasteiger partial charge is 0.546 e. The highest BCUT2D eigenvalue weighted by Gasteiger charge is 2.30. The molecule has 6 nitrogen and oxygen atoms in total. The molecule has 0 aliphatic rings. The van der Waals surface area contributed by atoms with E-state index in [1.165, 1.54) is 18.5 Å². The third-order valence-electron chi connectivity index (χ3n) is 5.85. The van der Waals surface area contributed by atoms with Gasteiger partial charge in [0.05, 0.1) is 17.2 Å². The summed E-state index contributed by atoms with van der Waals surface area (Å²) in [5.41, 5.74) is 3.11. The predicted octanol–water partition coefficient (Wildman–Crippen LogP) is 4.97. The number of carboxylic acid groups (broad SMARTS) is 1. The lowest BCUT2D eigenvalue weighted by Crippen LogP contribution is -2.29. The second-order valence-electron chi connectivity index (χ2n) is 8.48. The number of ether oxygens (including phenoxy) is 1. The van der Waals surface area contributed by atoms with Gasteiger partial charge in [-0.2, -0.15) is 13.2 Å². The number of carboxylic acids is 1. The first-order valence-electron chi connectivity index (χ1n) is 11.8. The molecule has 0 fully saturated rings. The number of aromatic nitrogens is 2. The van der Waals surface area contributed by atoms with Crippen LogP contribution in [0.2, 0.25) is 0 Å². The van der Waals surface area contributed by atoms with Gasteiger partial charge < -0.3 is 19.5 Å². The minimum absolute atomic E-state index is 0.508. The minimum Gasteiger partial charge on any atom is -0.546 e. The monoisotopic (exact) mass is 500 g/mol. The topological polar surface area (TPSA) is 78.4 Å². The minimum atomic E-state index is -4.40. The van der Waals surface area contributed by atoms with Gasteiger partial charge in [-0.25, -0.2) is 9.97 Å². The Morgan fingerprint density at radius 2 is 1.81 bits per heavy atom. The normalized spacial score (nSPS) is 11.4. The van der Waals surface area contributed by atoms with E-state index >= 15 is 0 Å². The fourth-order valence-electron chi connectivity index (χ4n) is 3.98. The first-order chi connectivity index (χ1) is 17.1. The summed E-state index contributed by atoms with van der Waals surface area (Å²) in [4.78, 5) is 21.8. The molecule has 0 atom stereocenters. The van der Waals surface area contributed by atoms with Crippen molar-refractivity contribution in [2.45, 2.75) is 52.8 Å². The molecular formula is C27H29F3N3O3-. The van der Waals surface area contributed by atoms with Crippen LogP contribution in [0.5, 0.6) is 5.75 Å². The van der Waals surface area contributed by atoms with Gasteiger partial charge in [0.2, 0.25) is 0 Å². The molecule has 0 amide bonds. The van der Waals surface area contributed by atoms with Gasteiger partial charge >= 0.3 is 6.18 Å². The molecule has 2 aromatic carbocycles. The lowest BCUT2D eigenvalue weighted by atomic mass is 10.0. The number of halogens is 3. The number of unbranched alkanes of at least 4 members (excludes halogenated alkanes) is 1. The van der Waals surface area contributed by atoms with Crippen molar-refractivity contribution in [2.24, 2.45) is 0 Å². The van der Waals surface area contributed by atoms with Crippen molar-refractivity contribution < 1.29 is 27.8 Å². The van der Waals surface area contributed by atoms with E-state index in [0.29, 0.717) is 35.8 Å². The smallest absolute Gasteiger partial charge is 0.416 e. The van der Waals surface area contributed by atoms with Gasteiger partial charge in [0.15, 0.2) is 0 Å². The third kappa shape index (κ3) is 6.74.